The zero-order valence-electron chi connectivity index (χ0n) is 21.6. The number of Topliss-reactive ketones (excluding diaryl/α,β-unsaturated/α-hetero) is 2. The van der Waals surface area contributed by atoms with Crippen LogP contribution in [0.25, 0.3) is 45.1 Å². The SMILES string of the molecule is Cn1c(-c2c(F)c(F)c(F)c(F)c2F)nc2c1cc(C=C1C(=O)c3cc4ccccc4cc3C1=O)n2-c1ccccc1. The number of ketones is 2. The van der Waals surface area contributed by atoms with Gasteiger partial charge >= 0.3 is 0 Å². The van der Waals surface area contributed by atoms with Crippen molar-refractivity contribution in [1.29, 1.82) is 0 Å². The van der Waals surface area contributed by atoms with Crippen molar-refractivity contribution in [3.05, 3.63) is 124 Å². The number of para-hydroxylation sites is 1. The van der Waals surface area contributed by atoms with Crippen molar-refractivity contribution < 1.29 is 31.5 Å². The minimum atomic E-state index is -2.27. The number of aromatic nitrogens is 3. The van der Waals surface area contributed by atoms with Crippen LogP contribution in [0, 0.1) is 29.1 Å². The Morgan fingerprint density at radius 1 is 0.690 bits per heavy atom. The second kappa shape index (κ2) is 9.07. The normalized spacial score (nSPS) is 13.0. The number of imidazole rings is 1. The summed E-state index contributed by atoms with van der Waals surface area (Å²) in [5.74, 6) is -11.9. The molecule has 0 amide bonds. The number of fused-ring (bicyclic) bond motifs is 3. The smallest absolute Gasteiger partial charge is 0.200 e. The lowest BCUT2D eigenvalue weighted by Crippen LogP contribution is -2.07. The van der Waals surface area contributed by atoms with Gasteiger partial charge in [-0.15, -0.1) is 0 Å². The quantitative estimate of drug-likeness (QED) is 0.0737. The van der Waals surface area contributed by atoms with Crippen molar-refractivity contribution >= 4 is 39.6 Å². The number of hydrogen-bond donors (Lipinski definition) is 0. The molecule has 5 nitrogen and oxygen atoms in total. The molecule has 0 bridgehead atoms. The minimum absolute atomic E-state index is 0.0831. The van der Waals surface area contributed by atoms with Gasteiger partial charge in [-0.3, -0.25) is 14.2 Å². The Morgan fingerprint density at radius 3 is 1.79 bits per heavy atom. The molecule has 42 heavy (non-hydrogen) atoms. The number of halogens is 5. The maximum atomic E-state index is 14.7. The topological polar surface area (TPSA) is 56.9 Å². The Balaban J connectivity index is 1.45. The van der Waals surface area contributed by atoms with Gasteiger partial charge in [0.25, 0.3) is 0 Å². The summed E-state index contributed by atoms with van der Waals surface area (Å²) in [5, 5.41) is 1.61. The van der Waals surface area contributed by atoms with Gasteiger partial charge in [0.2, 0.25) is 5.82 Å². The minimum Gasteiger partial charge on any atom is -0.326 e. The molecule has 7 rings (SSSR count). The number of carbonyl (C=O) groups is 2. The van der Waals surface area contributed by atoms with E-state index in [2.05, 4.69) is 4.98 Å². The molecule has 6 aromatic rings. The van der Waals surface area contributed by atoms with E-state index in [1.807, 2.05) is 24.3 Å². The Bertz CT molecular complexity index is 2110. The third kappa shape index (κ3) is 3.51. The molecule has 0 unspecified atom stereocenters. The van der Waals surface area contributed by atoms with E-state index in [4.69, 9.17) is 0 Å². The lowest BCUT2D eigenvalue weighted by atomic mass is 10.0. The lowest BCUT2D eigenvalue weighted by molar-refractivity contribution is 0.0990. The van der Waals surface area contributed by atoms with Crippen LogP contribution in [0.3, 0.4) is 0 Å². The second-order valence-electron chi connectivity index (χ2n) is 9.85. The van der Waals surface area contributed by atoms with Crippen LogP contribution in [-0.4, -0.2) is 25.7 Å². The molecule has 0 aliphatic heterocycles. The Morgan fingerprint density at radius 2 is 1.21 bits per heavy atom. The van der Waals surface area contributed by atoms with E-state index in [9.17, 15) is 31.5 Å². The predicted octanol–water partition coefficient (Wildman–Crippen LogP) is 7.34. The largest absolute Gasteiger partial charge is 0.326 e. The average molecular weight is 569 g/mol. The monoisotopic (exact) mass is 569 g/mol. The summed E-state index contributed by atoms with van der Waals surface area (Å²) in [6, 6.07) is 20.8. The molecule has 0 saturated carbocycles. The van der Waals surface area contributed by atoms with E-state index >= 15 is 0 Å². The first-order chi connectivity index (χ1) is 20.2. The van der Waals surface area contributed by atoms with Crippen molar-refractivity contribution in [2.45, 2.75) is 0 Å². The van der Waals surface area contributed by atoms with E-state index in [-0.39, 0.29) is 27.9 Å². The molecular weight excluding hydrogens is 553 g/mol. The van der Waals surface area contributed by atoms with Crippen LogP contribution < -0.4 is 0 Å². The zero-order chi connectivity index (χ0) is 29.4. The summed E-state index contributed by atoms with van der Waals surface area (Å²) in [6.07, 6.45) is 1.42. The van der Waals surface area contributed by atoms with Crippen LogP contribution in [0.1, 0.15) is 26.4 Å². The highest BCUT2D eigenvalue weighted by Gasteiger charge is 2.35. The first kappa shape index (κ1) is 25.6. The third-order valence-electron chi connectivity index (χ3n) is 7.48. The van der Waals surface area contributed by atoms with E-state index in [0.717, 1.165) is 10.8 Å². The van der Waals surface area contributed by atoms with Crippen LogP contribution in [0.15, 0.2) is 78.4 Å². The van der Waals surface area contributed by atoms with E-state index in [1.54, 1.807) is 42.5 Å². The molecule has 0 spiro atoms. The van der Waals surface area contributed by atoms with Gasteiger partial charge in [-0.1, -0.05) is 42.5 Å². The van der Waals surface area contributed by atoms with Crippen molar-refractivity contribution in [3.63, 3.8) is 0 Å². The van der Waals surface area contributed by atoms with Crippen molar-refractivity contribution in [1.82, 2.24) is 14.1 Å². The number of benzene rings is 4. The van der Waals surface area contributed by atoms with Crippen LogP contribution in [0.2, 0.25) is 0 Å². The highest BCUT2D eigenvalue weighted by molar-refractivity contribution is 6.42. The molecule has 206 valence electrons. The first-order valence-electron chi connectivity index (χ1n) is 12.7. The molecule has 10 heteroatoms. The molecule has 2 heterocycles. The van der Waals surface area contributed by atoms with Gasteiger partial charge < -0.3 is 4.57 Å². The van der Waals surface area contributed by atoms with Crippen LogP contribution >= 0.6 is 0 Å². The fourth-order valence-electron chi connectivity index (χ4n) is 5.42. The van der Waals surface area contributed by atoms with Crippen LogP contribution in [-0.2, 0) is 7.05 Å². The van der Waals surface area contributed by atoms with Gasteiger partial charge in [0.15, 0.2) is 40.5 Å². The summed E-state index contributed by atoms with van der Waals surface area (Å²) >= 11 is 0. The van der Waals surface area contributed by atoms with Gasteiger partial charge in [0.1, 0.15) is 5.82 Å². The van der Waals surface area contributed by atoms with Crippen LogP contribution in [0.5, 0.6) is 0 Å². The molecule has 0 N–H and O–H groups in total. The molecule has 1 aliphatic carbocycles. The van der Waals surface area contributed by atoms with Gasteiger partial charge in [0, 0.05) is 23.9 Å². The molecule has 0 saturated heterocycles. The maximum Gasteiger partial charge on any atom is 0.200 e. The Kier molecular flexibility index (Phi) is 5.52. The van der Waals surface area contributed by atoms with Crippen molar-refractivity contribution in [3.8, 4) is 17.1 Å². The number of nitrogens with zero attached hydrogens (tertiary/aromatic N) is 3. The predicted molar refractivity (Wildman–Crippen MR) is 146 cm³/mol. The summed E-state index contributed by atoms with van der Waals surface area (Å²) in [7, 11) is 1.36. The van der Waals surface area contributed by atoms with Crippen LogP contribution in [0.4, 0.5) is 22.0 Å². The molecule has 4 aromatic carbocycles. The first-order valence-corrected chi connectivity index (χ1v) is 12.7. The molecule has 0 fully saturated rings. The molecule has 0 radical (unpaired) electrons. The highest BCUT2D eigenvalue weighted by Crippen LogP contribution is 2.36. The van der Waals surface area contributed by atoms with Crippen molar-refractivity contribution in [2.75, 3.05) is 0 Å². The van der Waals surface area contributed by atoms with E-state index in [0.29, 0.717) is 11.4 Å². The maximum absolute atomic E-state index is 14.7. The Hall–Kier alpha value is -5.38. The second-order valence-corrected chi connectivity index (χ2v) is 9.85. The average Bonchev–Trinajstić information content (AvgIpc) is 3.59. The van der Waals surface area contributed by atoms with Gasteiger partial charge in [-0.05, 0) is 47.2 Å². The van der Waals surface area contributed by atoms with Crippen molar-refractivity contribution in [2.24, 2.45) is 7.05 Å². The fourth-order valence-corrected chi connectivity index (χ4v) is 5.42. The molecule has 0 atom stereocenters. The highest BCUT2D eigenvalue weighted by atomic mass is 19.2. The molecule has 1 aliphatic rings. The summed E-state index contributed by atoms with van der Waals surface area (Å²) in [5.41, 5.74) is 0.517. The zero-order valence-corrected chi connectivity index (χ0v) is 21.6. The molecular formula is C32H16F5N3O2. The number of allylic oxidation sites excluding steroid dienone is 1. The standard InChI is InChI=1S/C32H16F5N3O2/c1-39-22-14-18(13-21-29(41)19-11-15-7-5-6-8-16(15)12-20(19)30(21)42)40(17-9-3-2-4-10-17)31(22)38-32(39)23-24(33)26(35)28(37)27(36)25(23)34/h2-14H,1H3. The third-order valence-corrected chi connectivity index (χ3v) is 7.48. The summed E-state index contributed by atoms with van der Waals surface area (Å²) < 4.78 is 74.0. The number of carbonyl (C=O) groups excluding carboxylic acids is 2. The summed E-state index contributed by atoms with van der Waals surface area (Å²) in [4.78, 5) is 31.1. The summed E-state index contributed by atoms with van der Waals surface area (Å²) in [6.45, 7) is 0. The number of aryl methyl sites for hydroxylation is 1. The van der Waals surface area contributed by atoms with Gasteiger partial charge in [-0.2, -0.15) is 0 Å². The number of rotatable bonds is 3. The number of hydrogen-bond acceptors (Lipinski definition) is 3. The van der Waals surface area contributed by atoms with Gasteiger partial charge in [-0.25, -0.2) is 26.9 Å². The van der Waals surface area contributed by atoms with E-state index < -0.39 is 52.0 Å². The van der Waals surface area contributed by atoms with Gasteiger partial charge in [0.05, 0.1) is 22.3 Å². The Labute approximate surface area is 233 Å². The van der Waals surface area contributed by atoms with E-state index in [1.165, 1.54) is 28.3 Å². The fraction of sp³-hybridized carbons (Fsp3) is 0.0312. The lowest BCUT2D eigenvalue weighted by Gasteiger charge is -2.09. The molecule has 2 aromatic heterocycles.